The highest BCUT2D eigenvalue weighted by Gasteiger charge is 2.28. The fourth-order valence-electron chi connectivity index (χ4n) is 1.76. The van der Waals surface area contributed by atoms with Crippen molar-refractivity contribution in [2.45, 2.75) is 17.4 Å². The number of hydrogen-bond acceptors (Lipinski definition) is 4. The van der Waals surface area contributed by atoms with Gasteiger partial charge in [-0.15, -0.1) is 0 Å². The minimum Gasteiger partial charge on any atom is -0.271 e. The quantitative estimate of drug-likeness (QED) is 0.521. The summed E-state index contributed by atoms with van der Waals surface area (Å²) in [5.41, 5.74) is 3.41. The van der Waals surface area contributed by atoms with Crippen molar-refractivity contribution in [2.75, 3.05) is 5.75 Å². The number of benzene rings is 1. The highest BCUT2D eigenvalue weighted by atomic mass is 32.2. The van der Waals surface area contributed by atoms with Gasteiger partial charge in [-0.25, -0.2) is 8.42 Å². The van der Waals surface area contributed by atoms with Gasteiger partial charge in [0.2, 0.25) is 0 Å². The molecule has 0 saturated heterocycles. The second-order valence-corrected chi connectivity index (χ2v) is 5.44. The first kappa shape index (κ1) is 9.64. The van der Waals surface area contributed by atoms with Gasteiger partial charge in [-0.1, -0.05) is 18.2 Å². The maximum Gasteiger partial charge on any atom is 0.178 e. The van der Waals surface area contributed by atoms with Crippen LogP contribution in [-0.2, 0) is 9.84 Å². The zero-order valence-corrected chi connectivity index (χ0v) is 8.42. The Morgan fingerprint density at radius 3 is 2.79 bits per heavy atom. The Morgan fingerprint density at radius 1 is 1.36 bits per heavy atom. The molecule has 0 bridgehead atoms. The zero-order chi connectivity index (χ0) is 10.2. The van der Waals surface area contributed by atoms with Crippen LogP contribution in [0.15, 0.2) is 29.2 Å². The fraction of sp³-hybridized carbons (Fsp3) is 0.333. The van der Waals surface area contributed by atoms with Crippen molar-refractivity contribution in [1.82, 2.24) is 5.43 Å². The minimum atomic E-state index is -3.08. The average molecular weight is 212 g/mol. The first-order valence-corrected chi connectivity index (χ1v) is 6.08. The van der Waals surface area contributed by atoms with Gasteiger partial charge in [-0.05, 0) is 18.1 Å². The number of sulfone groups is 1. The third-order valence-corrected chi connectivity index (χ3v) is 4.32. The van der Waals surface area contributed by atoms with Crippen LogP contribution in [0.2, 0.25) is 0 Å². The molecule has 1 aromatic carbocycles. The smallest absolute Gasteiger partial charge is 0.178 e. The fourth-order valence-corrected chi connectivity index (χ4v) is 3.38. The first-order chi connectivity index (χ1) is 6.65. The lowest BCUT2D eigenvalue weighted by atomic mass is 10.1. The zero-order valence-electron chi connectivity index (χ0n) is 7.60. The van der Waals surface area contributed by atoms with Crippen LogP contribution in [0.1, 0.15) is 18.0 Å². The molecule has 1 atom stereocenters. The van der Waals surface area contributed by atoms with Crippen LogP contribution in [0, 0.1) is 0 Å². The maximum absolute atomic E-state index is 11.7. The lowest BCUT2D eigenvalue weighted by Gasteiger charge is -2.24. The Hall–Kier alpha value is -0.910. The highest BCUT2D eigenvalue weighted by Crippen LogP contribution is 2.30. The maximum atomic E-state index is 11.7. The van der Waals surface area contributed by atoms with E-state index in [1.807, 2.05) is 6.07 Å². The van der Waals surface area contributed by atoms with Gasteiger partial charge < -0.3 is 0 Å². The molecule has 76 valence electrons. The van der Waals surface area contributed by atoms with Crippen molar-refractivity contribution in [3.63, 3.8) is 0 Å². The van der Waals surface area contributed by atoms with E-state index in [1.54, 1.807) is 18.2 Å². The van der Waals surface area contributed by atoms with Crippen LogP contribution >= 0.6 is 0 Å². The molecule has 1 aliphatic rings. The van der Waals surface area contributed by atoms with Crippen molar-refractivity contribution in [1.29, 1.82) is 0 Å². The molecule has 2 rings (SSSR count). The number of hydrazine groups is 1. The third kappa shape index (κ3) is 1.43. The van der Waals surface area contributed by atoms with Gasteiger partial charge in [0.05, 0.1) is 10.6 Å². The standard InChI is InChI=1S/C9H12N2O2S/c10-11-8-5-6-14(12,13)9-4-2-1-3-7(8)9/h1-4,8,11H,5-6,10H2. The Bertz CT molecular complexity index is 442. The van der Waals surface area contributed by atoms with Crippen molar-refractivity contribution in [3.05, 3.63) is 29.8 Å². The van der Waals surface area contributed by atoms with Gasteiger partial charge >= 0.3 is 0 Å². The molecule has 4 nitrogen and oxygen atoms in total. The molecule has 1 unspecified atom stereocenters. The van der Waals surface area contributed by atoms with Crippen molar-refractivity contribution >= 4 is 9.84 Å². The minimum absolute atomic E-state index is 0.0466. The Kier molecular flexibility index (Phi) is 2.30. The molecule has 0 saturated carbocycles. The Labute approximate surface area is 83.0 Å². The van der Waals surface area contributed by atoms with Crippen molar-refractivity contribution < 1.29 is 8.42 Å². The number of nitrogens with one attached hydrogen (secondary N) is 1. The third-order valence-electron chi connectivity index (χ3n) is 2.51. The van der Waals surface area contributed by atoms with Gasteiger partial charge in [-0.3, -0.25) is 11.3 Å². The predicted octanol–water partition coefficient (Wildman–Crippen LogP) is 0.368. The van der Waals surface area contributed by atoms with Crippen molar-refractivity contribution in [2.24, 2.45) is 5.84 Å². The van der Waals surface area contributed by atoms with E-state index >= 15 is 0 Å². The molecule has 0 fully saturated rings. The van der Waals surface area contributed by atoms with Crippen LogP contribution in [0.4, 0.5) is 0 Å². The lowest BCUT2D eigenvalue weighted by Crippen LogP contribution is -2.33. The van der Waals surface area contributed by atoms with Gasteiger partial charge in [-0.2, -0.15) is 0 Å². The van der Waals surface area contributed by atoms with E-state index in [2.05, 4.69) is 5.43 Å². The Balaban J connectivity index is 2.61. The van der Waals surface area contributed by atoms with Crippen LogP contribution in [0.25, 0.3) is 0 Å². The van der Waals surface area contributed by atoms with Gasteiger partial charge in [0.25, 0.3) is 0 Å². The predicted molar refractivity (Wildman–Crippen MR) is 53.2 cm³/mol. The monoisotopic (exact) mass is 212 g/mol. The van der Waals surface area contributed by atoms with E-state index in [9.17, 15) is 8.42 Å². The van der Waals surface area contributed by atoms with Crippen LogP contribution in [0.5, 0.6) is 0 Å². The summed E-state index contributed by atoms with van der Waals surface area (Å²) in [6.45, 7) is 0. The normalized spacial score (nSPS) is 24.2. The molecular weight excluding hydrogens is 200 g/mol. The van der Waals surface area contributed by atoms with Gasteiger partial charge in [0.15, 0.2) is 9.84 Å². The summed E-state index contributed by atoms with van der Waals surface area (Å²) in [7, 11) is -3.08. The molecule has 0 radical (unpaired) electrons. The first-order valence-electron chi connectivity index (χ1n) is 4.43. The summed E-state index contributed by atoms with van der Waals surface area (Å²) in [5.74, 6) is 5.53. The van der Waals surface area contributed by atoms with E-state index in [-0.39, 0.29) is 11.8 Å². The molecule has 0 aromatic heterocycles. The largest absolute Gasteiger partial charge is 0.271 e. The summed E-state index contributed by atoms with van der Waals surface area (Å²) >= 11 is 0. The molecule has 0 spiro atoms. The van der Waals surface area contributed by atoms with E-state index < -0.39 is 9.84 Å². The second kappa shape index (κ2) is 3.34. The van der Waals surface area contributed by atoms with Crippen LogP contribution in [-0.4, -0.2) is 14.2 Å². The number of fused-ring (bicyclic) bond motifs is 1. The molecule has 5 heteroatoms. The van der Waals surface area contributed by atoms with E-state index in [0.29, 0.717) is 11.3 Å². The lowest BCUT2D eigenvalue weighted by molar-refractivity contribution is 0.505. The van der Waals surface area contributed by atoms with Crippen LogP contribution in [0.3, 0.4) is 0 Å². The summed E-state index contributed by atoms with van der Waals surface area (Å²) < 4.78 is 23.3. The second-order valence-electron chi connectivity index (χ2n) is 3.36. The average Bonchev–Trinajstić information content (AvgIpc) is 2.18. The van der Waals surface area contributed by atoms with Crippen LogP contribution < -0.4 is 11.3 Å². The molecule has 1 aromatic rings. The molecule has 14 heavy (non-hydrogen) atoms. The SMILES string of the molecule is NNC1CCS(=O)(=O)c2ccccc21. The number of rotatable bonds is 1. The van der Waals surface area contributed by atoms with E-state index in [4.69, 9.17) is 5.84 Å². The Morgan fingerprint density at radius 2 is 2.07 bits per heavy atom. The van der Waals surface area contributed by atoms with E-state index in [0.717, 1.165) is 5.56 Å². The number of nitrogens with two attached hydrogens (primary N) is 1. The molecule has 0 aliphatic carbocycles. The molecule has 3 N–H and O–H groups in total. The van der Waals surface area contributed by atoms with Gasteiger partial charge in [0.1, 0.15) is 0 Å². The summed E-state index contributed by atoms with van der Waals surface area (Å²) in [6, 6.07) is 6.94. The topological polar surface area (TPSA) is 72.2 Å². The molecule has 0 amide bonds. The molecule has 1 aliphatic heterocycles. The van der Waals surface area contributed by atoms with Gasteiger partial charge in [0, 0.05) is 6.04 Å². The number of hydrogen-bond donors (Lipinski definition) is 2. The van der Waals surface area contributed by atoms with E-state index in [1.165, 1.54) is 0 Å². The molecule has 1 heterocycles. The summed E-state index contributed by atoms with van der Waals surface area (Å²) in [5, 5.41) is 0. The van der Waals surface area contributed by atoms with Crippen molar-refractivity contribution in [3.8, 4) is 0 Å². The summed E-state index contributed by atoms with van der Waals surface area (Å²) in [4.78, 5) is 0.411. The molecular formula is C9H12N2O2S. The summed E-state index contributed by atoms with van der Waals surface area (Å²) in [6.07, 6.45) is 0.538. The highest BCUT2D eigenvalue weighted by molar-refractivity contribution is 7.91.